The number of hydrogen-bond donors (Lipinski definition) is 2. The molecule has 0 saturated heterocycles. The van der Waals surface area contributed by atoms with Crippen LogP contribution in [0.3, 0.4) is 0 Å². The minimum absolute atomic E-state index is 0.173. The Morgan fingerprint density at radius 2 is 1.67 bits per heavy atom. The fraction of sp³-hybridized carbons (Fsp3) is 0.200. The number of anilines is 1. The molecule has 2 aromatic carbocycles. The zero-order chi connectivity index (χ0) is 19.4. The van der Waals surface area contributed by atoms with Crippen LogP contribution < -0.4 is 15.9 Å². The summed E-state index contributed by atoms with van der Waals surface area (Å²) in [6.45, 7) is 3.81. The van der Waals surface area contributed by atoms with Crippen LogP contribution in [0.4, 0.5) is 5.69 Å². The van der Waals surface area contributed by atoms with E-state index in [0.717, 1.165) is 11.1 Å². The maximum absolute atomic E-state index is 12.4. The van der Waals surface area contributed by atoms with Crippen LogP contribution in [0.1, 0.15) is 34.3 Å². The molecule has 3 amide bonds. The minimum Gasteiger partial charge on any atom is -0.273 e. The topological polar surface area (TPSA) is 90.9 Å². The van der Waals surface area contributed by atoms with Crippen molar-refractivity contribution in [1.82, 2.24) is 10.9 Å². The highest BCUT2D eigenvalue weighted by atomic mass is 16.2. The van der Waals surface area contributed by atoms with Gasteiger partial charge in [0.15, 0.2) is 0 Å². The van der Waals surface area contributed by atoms with E-state index in [1.807, 2.05) is 32.0 Å². The number of rotatable bonds is 3. The predicted octanol–water partition coefficient (Wildman–Crippen LogP) is 2.25. The Hall–Kier alpha value is -3.48. The average molecular weight is 364 g/mol. The van der Waals surface area contributed by atoms with E-state index >= 15 is 0 Å². The lowest BCUT2D eigenvalue weighted by Gasteiger charge is -2.24. The molecule has 2 aromatic rings. The summed E-state index contributed by atoms with van der Waals surface area (Å²) in [5.41, 5.74) is 7.85. The molecule has 0 aliphatic carbocycles. The summed E-state index contributed by atoms with van der Waals surface area (Å²) in [6.07, 6.45) is 0.388. The Morgan fingerprint density at radius 3 is 2.41 bits per heavy atom. The van der Waals surface area contributed by atoms with E-state index in [9.17, 15) is 14.4 Å². The molecule has 3 rings (SSSR count). The first-order valence-electron chi connectivity index (χ1n) is 8.59. The number of hydrazine groups is 1. The van der Waals surface area contributed by atoms with Gasteiger partial charge in [-0.1, -0.05) is 30.3 Å². The number of nitrogens with zero attached hydrogens (tertiary/aromatic N) is 2. The van der Waals surface area contributed by atoms with E-state index < -0.39 is 11.8 Å². The van der Waals surface area contributed by atoms with E-state index in [4.69, 9.17) is 0 Å². The SMILES string of the molecule is Cc1ccc(C)c(N2N=C(C(=O)NNC(=O)c3ccccc3)CCC2=O)c1. The van der Waals surface area contributed by atoms with Crippen LogP contribution in [0.5, 0.6) is 0 Å². The van der Waals surface area contributed by atoms with Crippen LogP contribution in [0.2, 0.25) is 0 Å². The number of nitrogens with one attached hydrogen (secondary N) is 2. The third kappa shape index (κ3) is 4.20. The van der Waals surface area contributed by atoms with Crippen LogP contribution in [-0.4, -0.2) is 23.4 Å². The largest absolute Gasteiger partial charge is 0.285 e. The quantitative estimate of drug-likeness (QED) is 0.819. The summed E-state index contributed by atoms with van der Waals surface area (Å²) in [7, 11) is 0. The molecule has 0 saturated carbocycles. The van der Waals surface area contributed by atoms with E-state index in [-0.39, 0.29) is 24.5 Å². The van der Waals surface area contributed by atoms with Crippen LogP contribution in [-0.2, 0) is 9.59 Å². The van der Waals surface area contributed by atoms with E-state index in [1.54, 1.807) is 30.3 Å². The van der Waals surface area contributed by atoms with Crippen molar-refractivity contribution in [1.29, 1.82) is 0 Å². The summed E-state index contributed by atoms with van der Waals surface area (Å²) in [5.74, 6) is -1.14. The van der Waals surface area contributed by atoms with Gasteiger partial charge in [-0.05, 0) is 43.2 Å². The molecule has 2 N–H and O–H groups in total. The van der Waals surface area contributed by atoms with Crippen molar-refractivity contribution in [3.63, 3.8) is 0 Å². The van der Waals surface area contributed by atoms with Gasteiger partial charge >= 0.3 is 0 Å². The molecule has 1 aliphatic heterocycles. The van der Waals surface area contributed by atoms with Crippen LogP contribution >= 0.6 is 0 Å². The van der Waals surface area contributed by atoms with Gasteiger partial charge in [-0.15, -0.1) is 0 Å². The van der Waals surface area contributed by atoms with Gasteiger partial charge in [-0.2, -0.15) is 5.10 Å². The van der Waals surface area contributed by atoms with Gasteiger partial charge in [0.2, 0.25) is 5.91 Å². The van der Waals surface area contributed by atoms with E-state index in [0.29, 0.717) is 11.3 Å². The van der Waals surface area contributed by atoms with Crippen molar-refractivity contribution in [3.8, 4) is 0 Å². The number of carbonyl (C=O) groups is 3. The van der Waals surface area contributed by atoms with Crippen LogP contribution in [0.25, 0.3) is 0 Å². The Labute approximate surface area is 157 Å². The molecule has 1 aliphatic rings. The molecule has 0 aromatic heterocycles. The van der Waals surface area contributed by atoms with Gasteiger partial charge in [0.1, 0.15) is 5.71 Å². The van der Waals surface area contributed by atoms with Gasteiger partial charge in [0.25, 0.3) is 11.8 Å². The molecule has 0 radical (unpaired) electrons. The van der Waals surface area contributed by atoms with Crippen molar-refractivity contribution in [2.45, 2.75) is 26.7 Å². The summed E-state index contributed by atoms with van der Waals surface area (Å²) < 4.78 is 0. The summed E-state index contributed by atoms with van der Waals surface area (Å²) in [5, 5.41) is 5.49. The fourth-order valence-corrected chi connectivity index (χ4v) is 2.70. The molecule has 0 unspecified atom stereocenters. The first kappa shape index (κ1) is 18.3. The summed E-state index contributed by atoms with van der Waals surface area (Å²) in [4.78, 5) is 36.7. The van der Waals surface area contributed by atoms with Crippen molar-refractivity contribution in [3.05, 3.63) is 65.2 Å². The van der Waals surface area contributed by atoms with Crippen LogP contribution in [0, 0.1) is 13.8 Å². The minimum atomic E-state index is -0.540. The average Bonchev–Trinajstić information content (AvgIpc) is 2.69. The van der Waals surface area contributed by atoms with Crippen molar-refractivity contribution >= 4 is 29.1 Å². The molecular formula is C20H20N4O3. The smallest absolute Gasteiger partial charge is 0.273 e. The number of benzene rings is 2. The van der Waals surface area contributed by atoms with Crippen molar-refractivity contribution in [2.24, 2.45) is 5.10 Å². The Kier molecular flexibility index (Phi) is 5.30. The molecule has 1 heterocycles. The number of aryl methyl sites for hydroxylation is 2. The Balaban J connectivity index is 1.73. The third-order valence-corrected chi connectivity index (χ3v) is 4.21. The molecule has 0 bridgehead atoms. The highest BCUT2D eigenvalue weighted by Crippen LogP contribution is 2.25. The van der Waals surface area contributed by atoms with Gasteiger partial charge in [-0.25, -0.2) is 5.01 Å². The number of hydrazone groups is 1. The molecule has 27 heavy (non-hydrogen) atoms. The second kappa shape index (κ2) is 7.82. The summed E-state index contributed by atoms with van der Waals surface area (Å²) >= 11 is 0. The lowest BCUT2D eigenvalue weighted by Crippen LogP contribution is -2.47. The van der Waals surface area contributed by atoms with Crippen molar-refractivity contribution < 1.29 is 14.4 Å². The number of hydrogen-bond acceptors (Lipinski definition) is 4. The Bertz CT molecular complexity index is 922. The van der Waals surface area contributed by atoms with Gasteiger partial charge in [0.05, 0.1) is 5.69 Å². The lowest BCUT2D eigenvalue weighted by atomic mass is 10.1. The van der Waals surface area contributed by atoms with Gasteiger partial charge in [0, 0.05) is 18.4 Å². The lowest BCUT2D eigenvalue weighted by molar-refractivity contribution is -0.119. The first-order valence-corrected chi connectivity index (χ1v) is 8.59. The number of carbonyl (C=O) groups excluding carboxylic acids is 3. The highest BCUT2D eigenvalue weighted by molar-refractivity contribution is 6.40. The maximum Gasteiger partial charge on any atom is 0.285 e. The normalized spacial score (nSPS) is 13.8. The summed E-state index contributed by atoms with van der Waals surface area (Å²) in [6, 6.07) is 14.2. The van der Waals surface area contributed by atoms with E-state index in [1.165, 1.54) is 5.01 Å². The molecule has 0 spiro atoms. The standard InChI is InChI=1S/C20H20N4O3/c1-13-8-9-14(2)17(12-13)24-18(25)11-10-16(23-24)20(27)22-21-19(26)15-6-4-3-5-7-15/h3-9,12H,10-11H2,1-2H3,(H,21,26)(H,22,27). The predicted molar refractivity (Wildman–Crippen MR) is 102 cm³/mol. The second-order valence-corrected chi connectivity index (χ2v) is 6.32. The van der Waals surface area contributed by atoms with Gasteiger partial charge in [-0.3, -0.25) is 25.2 Å². The molecule has 7 nitrogen and oxygen atoms in total. The zero-order valence-electron chi connectivity index (χ0n) is 15.2. The molecule has 7 heteroatoms. The third-order valence-electron chi connectivity index (χ3n) is 4.21. The van der Waals surface area contributed by atoms with Gasteiger partial charge < -0.3 is 0 Å². The number of amides is 3. The van der Waals surface area contributed by atoms with E-state index in [2.05, 4.69) is 16.0 Å². The zero-order valence-corrected chi connectivity index (χ0v) is 15.2. The fourth-order valence-electron chi connectivity index (χ4n) is 2.70. The highest BCUT2D eigenvalue weighted by Gasteiger charge is 2.26. The first-order chi connectivity index (χ1) is 13.0. The van der Waals surface area contributed by atoms with Crippen molar-refractivity contribution in [2.75, 3.05) is 5.01 Å². The van der Waals surface area contributed by atoms with Crippen LogP contribution in [0.15, 0.2) is 53.6 Å². The monoisotopic (exact) mass is 364 g/mol. The molecule has 0 fully saturated rings. The molecular weight excluding hydrogens is 344 g/mol. The second-order valence-electron chi connectivity index (χ2n) is 6.32. The molecule has 138 valence electrons. The Morgan fingerprint density at radius 1 is 0.963 bits per heavy atom. The maximum atomic E-state index is 12.4. The molecule has 0 atom stereocenters.